The van der Waals surface area contributed by atoms with Gasteiger partial charge < -0.3 is 11.1 Å². The zero-order chi connectivity index (χ0) is 21.9. The van der Waals surface area contributed by atoms with E-state index in [9.17, 15) is 22.4 Å². The minimum absolute atomic E-state index is 0.166. The summed E-state index contributed by atoms with van der Waals surface area (Å²) in [6, 6.07) is 14.6. The summed E-state index contributed by atoms with van der Waals surface area (Å²) < 4.78 is 41.7. The Kier molecular flexibility index (Phi) is 6.04. The van der Waals surface area contributed by atoms with Gasteiger partial charge in [0.15, 0.2) is 0 Å². The van der Waals surface area contributed by atoms with Crippen LogP contribution in [-0.2, 0) is 10.0 Å². The number of carbonyl (C=O) groups excluding carboxylic acids is 2. The first-order valence-corrected chi connectivity index (χ1v) is 10.3. The molecule has 0 saturated heterocycles. The van der Waals surface area contributed by atoms with Gasteiger partial charge in [-0.3, -0.25) is 14.3 Å². The van der Waals surface area contributed by atoms with Gasteiger partial charge in [0.2, 0.25) is 5.91 Å². The predicted molar refractivity (Wildman–Crippen MR) is 112 cm³/mol. The summed E-state index contributed by atoms with van der Waals surface area (Å²) >= 11 is 5.83. The van der Waals surface area contributed by atoms with Crippen molar-refractivity contribution in [2.45, 2.75) is 4.90 Å². The quantitative estimate of drug-likeness (QED) is 0.534. The molecule has 0 radical (unpaired) electrons. The molecule has 3 rings (SSSR count). The van der Waals surface area contributed by atoms with Crippen LogP contribution >= 0.6 is 11.6 Å². The minimum Gasteiger partial charge on any atom is -0.366 e. The molecule has 154 valence electrons. The second kappa shape index (κ2) is 8.52. The highest BCUT2D eigenvalue weighted by Gasteiger charge is 2.18. The van der Waals surface area contributed by atoms with Crippen molar-refractivity contribution in [2.24, 2.45) is 5.73 Å². The molecule has 0 aliphatic rings. The Balaban J connectivity index is 1.78. The summed E-state index contributed by atoms with van der Waals surface area (Å²) in [5, 5.41) is 2.71. The molecule has 0 bridgehead atoms. The Morgan fingerprint density at radius 1 is 0.933 bits per heavy atom. The van der Waals surface area contributed by atoms with Crippen LogP contribution in [0.1, 0.15) is 20.7 Å². The maximum Gasteiger partial charge on any atom is 0.261 e. The van der Waals surface area contributed by atoms with Crippen LogP contribution in [0.3, 0.4) is 0 Å². The van der Waals surface area contributed by atoms with Crippen molar-refractivity contribution in [2.75, 3.05) is 10.0 Å². The summed E-state index contributed by atoms with van der Waals surface area (Å²) in [6.07, 6.45) is 0. The number of hydrogen-bond acceptors (Lipinski definition) is 4. The number of primary amides is 1. The van der Waals surface area contributed by atoms with Gasteiger partial charge in [-0.05, 0) is 60.7 Å². The Morgan fingerprint density at radius 3 is 2.23 bits per heavy atom. The smallest absolute Gasteiger partial charge is 0.261 e. The van der Waals surface area contributed by atoms with Gasteiger partial charge in [-0.1, -0.05) is 17.7 Å². The molecule has 7 nitrogen and oxygen atoms in total. The lowest BCUT2D eigenvalue weighted by Gasteiger charge is -2.11. The van der Waals surface area contributed by atoms with Gasteiger partial charge in [0.25, 0.3) is 15.9 Å². The number of benzene rings is 3. The van der Waals surface area contributed by atoms with Crippen molar-refractivity contribution in [3.8, 4) is 0 Å². The van der Waals surface area contributed by atoms with Crippen molar-refractivity contribution in [1.29, 1.82) is 0 Å². The first-order valence-electron chi connectivity index (χ1n) is 8.45. The fourth-order valence-electron chi connectivity index (χ4n) is 2.51. The molecule has 0 spiro atoms. The van der Waals surface area contributed by atoms with Gasteiger partial charge >= 0.3 is 0 Å². The molecular formula is C20H15ClFN3O4S. The van der Waals surface area contributed by atoms with E-state index in [4.69, 9.17) is 17.3 Å². The molecule has 30 heavy (non-hydrogen) atoms. The third-order valence-electron chi connectivity index (χ3n) is 4.01. The fourth-order valence-corrected chi connectivity index (χ4v) is 3.77. The third kappa shape index (κ3) is 4.94. The average Bonchev–Trinajstić information content (AvgIpc) is 2.69. The van der Waals surface area contributed by atoms with Gasteiger partial charge in [-0.15, -0.1) is 0 Å². The van der Waals surface area contributed by atoms with Crippen molar-refractivity contribution < 1.29 is 22.4 Å². The topological polar surface area (TPSA) is 118 Å². The Labute approximate surface area is 176 Å². The monoisotopic (exact) mass is 447 g/mol. The standard InChI is InChI=1S/C20H15ClFN3O4S/c21-14-3-1-2-13(10-14)20(27)24-18-9-8-16(11-17(18)22)30(28,29)25-15-6-4-12(5-7-15)19(23)26/h1-11,25H,(H2,23,26)(H,24,27). The van der Waals surface area contributed by atoms with Crippen molar-refractivity contribution >= 4 is 44.8 Å². The summed E-state index contributed by atoms with van der Waals surface area (Å²) in [4.78, 5) is 22.9. The van der Waals surface area contributed by atoms with E-state index in [0.29, 0.717) is 5.02 Å². The molecule has 4 N–H and O–H groups in total. The van der Waals surface area contributed by atoms with Gasteiger partial charge in [0.05, 0.1) is 10.6 Å². The number of carbonyl (C=O) groups is 2. The van der Waals surface area contributed by atoms with E-state index in [-0.39, 0.29) is 27.4 Å². The zero-order valence-corrected chi connectivity index (χ0v) is 16.8. The first-order chi connectivity index (χ1) is 14.2. The Bertz CT molecular complexity index is 1230. The van der Waals surface area contributed by atoms with E-state index >= 15 is 0 Å². The summed E-state index contributed by atoms with van der Waals surface area (Å²) in [5.74, 6) is -2.18. The first kappa shape index (κ1) is 21.3. The molecule has 0 heterocycles. The molecule has 0 saturated carbocycles. The number of amides is 2. The van der Waals surface area contributed by atoms with Crippen molar-refractivity contribution in [3.05, 3.63) is 88.7 Å². The third-order valence-corrected chi connectivity index (χ3v) is 5.62. The van der Waals surface area contributed by atoms with E-state index in [2.05, 4.69) is 10.0 Å². The molecule has 0 aliphatic carbocycles. The van der Waals surface area contributed by atoms with Crippen molar-refractivity contribution in [3.63, 3.8) is 0 Å². The Hall–Kier alpha value is -3.43. The number of rotatable bonds is 6. The molecule has 0 aromatic heterocycles. The molecule has 0 atom stereocenters. The van der Waals surface area contributed by atoms with E-state index in [1.165, 1.54) is 36.4 Å². The normalized spacial score (nSPS) is 11.0. The van der Waals surface area contributed by atoms with E-state index in [1.807, 2.05) is 0 Å². The highest BCUT2D eigenvalue weighted by Crippen LogP contribution is 2.22. The molecule has 0 aliphatic heterocycles. The van der Waals surface area contributed by atoms with Crippen LogP contribution in [0.2, 0.25) is 5.02 Å². The summed E-state index contributed by atoms with van der Waals surface area (Å²) in [6.45, 7) is 0. The average molecular weight is 448 g/mol. The second-order valence-electron chi connectivity index (χ2n) is 6.15. The summed E-state index contributed by atoms with van der Waals surface area (Å²) in [7, 11) is -4.11. The van der Waals surface area contributed by atoms with E-state index < -0.39 is 27.7 Å². The number of nitrogens with two attached hydrogens (primary N) is 1. The van der Waals surface area contributed by atoms with Crippen LogP contribution < -0.4 is 15.8 Å². The van der Waals surface area contributed by atoms with Gasteiger partial charge in [0, 0.05) is 21.8 Å². The molecule has 0 fully saturated rings. The van der Waals surface area contributed by atoms with Crippen LogP contribution in [0.15, 0.2) is 71.6 Å². The Morgan fingerprint density at radius 2 is 1.63 bits per heavy atom. The number of sulfonamides is 1. The van der Waals surface area contributed by atoms with Gasteiger partial charge in [-0.25, -0.2) is 12.8 Å². The highest BCUT2D eigenvalue weighted by atomic mass is 35.5. The molecule has 10 heteroatoms. The predicted octanol–water partition coefficient (Wildman–Crippen LogP) is 3.63. The number of nitrogens with one attached hydrogen (secondary N) is 2. The molecule has 3 aromatic carbocycles. The number of anilines is 2. The highest BCUT2D eigenvalue weighted by molar-refractivity contribution is 7.92. The lowest BCUT2D eigenvalue weighted by atomic mass is 10.2. The largest absolute Gasteiger partial charge is 0.366 e. The summed E-state index contributed by atoms with van der Waals surface area (Å²) in [5.41, 5.74) is 5.55. The van der Waals surface area contributed by atoms with Crippen LogP contribution in [0.5, 0.6) is 0 Å². The van der Waals surface area contributed by atoms with Crippen LogP contribution in [-0.4, -0.2) is 20.2 Å². The molecule has 2 amide bonds. The SMILES string of the molecule is NC(=O)c1ccc(NS(=O)(=O)c2ccc(NC(=O)c3cccc(Cl)c3)c(F)c2)cc1. The van der Waals surface area contributed by atoms with Gasteiger partial charge in [-0.2, -0.15) is 0 Å². The maximum absolute atomic E-state index is 14.4. The second-order valence-corrected chi connectivity index (χ2v) is 8.27. The lowest BCUT2D eigenvalue weighted by Crippen LogP contribution is -2.16. The van der Waals surface area contributed by atoms with Crippen LogP contribution in [0.4, 0.5) is 15.8 Å². The maximum atomic E-state index is 14.4. The van der Waals surface area contributed by atoms with Crippen LogP contribution in [0, 0.1) is 5.82 Å². The minimum atomic E-state index is -4.11. The fraction of sp³-hybridized carbons (Fsp3) is 0. The number of halogens is 2. The zero-order valence-electron chi connectivity index (χ0n) is 15.2. The molecule has 3 aromatic rings. The van der Waals surface area contributed by atoms with Crippen LogP contribution in [0.25, 0.3) is 0 Å². The number of hydrogen-bond donors (Lipinski definition) is 3. The lowest BCUT2D eigenvalue weighted by molar-refractivity contribution is 0.0997. The van der Waals surface area contributed by atoms with E-state index in [0.717, 1.165) is 18.2 Å². The van der Waals surface area contributed by atoms with Gasteiger partial charge in [0.1, 0.15) is 5.82 Å². The molecule has 0 unspecified atom stereocenters. The van der Waals surface area contributed by atoms with E-state index in [1.54, 1.807) is 12.1 Å². The molecular weight excluding hydrogens is 433 g/mol. The van der Waals surface area contributed by atoms with Crippen molar-refractivity contribution in [1.82, 2.24) is 0 Å².